The Morgan fingerprint density at radius 2 is 1.81 bits per heavy atom. The minimum Gasteiger partial charge on any atom is -0.483 e. The first-order chi connectivity index (χ1) is 15.1. The monoisotopic (exact) mass is 428 g/mol. The lowest BCUT2D eigenvalue weighted by Crippen LogP contribution is -2.43. The van der Waals surface area contributed by atoms with Crippen LogP contribution < -0.4 is 4.90 Å². The molecule has 3 aliphatic rings. The lowest BCUT2D eigenvalue weighted by Gasteiger charge is -2.36. The van der Waals surface area contributed by atoms with E-state index in [1.807, 2.05) is 30.3 Å². The summed E-state index contributed by atoms with van der Waals surface area (Å²) in [6, 6.07) is 9.90. The lowest BCUT2D eigenvalue weighted by atomic mass is 9.76. The fourth-order valence-corrected chi connectivity index (χ4v) is 4.85. The van der Waals surface area contributed by atoms with Crippen LogP contribution in [0.15, 0.2) is 30.3 Å². The minimum absolute atomic E-state index is 0.000928. The fraction of sp³-hybridized carbons (Fsp3) is 0.571. The summed E-state index contributed by atoms with van der Waals surface area (Å²) in [6.07, 6.45) is 5.01. The van der Waals surface area contributed by atoms with Crippen LogP contribution in [-0.2, 0) is 14.3 Å². The van der Waals surface area contributed by atoms with E-state index in [1.54, 1.807) is 4.68 Å². The minimum atomic E-state index is -0.327. The number of nitrogens with zero attached hydrogens (tertiary/aromatic N) is 6. The number of likely N-dealkylation sites (tertiary alicyclic amines) is 1. The van der Waals surface area contributed by atoms with Crippen LogP contribution in [0.3, 0.4) is 0 Å². The van der Waals surface area contributed by atoms with Gasteiger partial charge in [-0.15, -0.1) is 0 Å². The number of piperidine rings is 1. The summed E-state index contributed by atoms with van der Waals surface area (Å²) in [4.78, 5) is 25.7. The Morgan fingerprint density at radius 1 is 1.13 bits per heavy atom. The number of hydrogen-bond acceptors (Lipinski definition) is 8. The van der Waals surface area contributed by atoms with E-state index in [0.717, 1.165) is 63.6 Å². The van der Waals surface area contributed by atoms with E-state index >= 15 is 0 Å². The van der Waals surface area contributed by atoms with E-state index < -0.39 is 0 Å². The normalized spacial score (nSPS) is 22.8. The van der Waals surface area contributed by atoms with Crippen molar-refractivity contribution in [1.29, 1.82) is 0 Å². The number of hydrogen-bond donors (Lipinski definition) is 1. The molecule has 0 amide bonds. The summed E-state index contributed by atoms with van der Waals surface area (Å²) in [5.74, 6) is 0.736. The molecule has 2 aromatic rings. The second kappa shape index (κ2) is 9.42. The maximum absolute atomic E-state index is 12.7. The van der Waals surface area contributed by atoms with Gasteiger partial charge in [0.15, 0.2) is 0 Å². The second-order valence-electron chi connectivity index (χ2n) is 8.34. The molecule has 1 unspecified atom stereocenters. The van der Waals surface area contributed by atoms with Crippen molar-refractivity contribution < 1.29 is 19.4 Å². The molecule has 5 rings (SSSR count). The average molecular weight is 428 g/mol. The molecule has 0 bridgehead atoms. The smallest absolute Gasteiger partial charge is 0.312 e. The third-order valence-corrected chi connectivity index (χ3v) is 6.44. The highest BCUT2D eigenvalue weighted by Gasteiger charge is 2.51. The Morgan fingerprint density at radius 3 is 2.48 bits per heavy atom. The highest BCUT2D eigenvalue weighted by atomic mass is 16.6. The fourth-order valence-electron chi connectivity index (χ4n) is 4.85. The highest BCUT2D eigenvalue weighted by molar-refractivity contribution is 5.79. The summed E-state index contributed by atoms with van der Waals surface area (Å²) in [5, 5.41) is 19.2. The lowest BCUT2D eigenvalue weighted by molar-refractivity contribution is -0.150. The van der Waals surface area contributed by atoms with Gasteiger partial charge in [0.25, 0.3) is 6.47 Å². The number of carbonyl (C=O) groups excluding carboxylic acids is 1. The Bertz CT molecular complexity index is 875. The standard InChI is InChI=1S/C20H26N6O2.CH2O2/c27-18-20(14-17(28-18)15-24-10-4-5-11-24)8-12-25(13-9-20)19-21-22-23-26(19)16-6-2-1-3-7-16;2-1-3/h1-3,6-7,17H,4-5,8-15H2;1H,(H,2,3). The van der Waals surface area contributed by atoms with Gasteiger partial charge < -0.3 is 14.7 Å². The number of aromatic nitrogens is 4. The van der Waals surface area contributed by atoms with Crippen molar-refractivity contribution in [1.82, 2.24) is 25.1 Å². The number of ether oxygens (including phenoxy) is 1. The van der Waals surface area contributed by atoms with Crippen molar-refractivity contribution in [2.45, 2.75) is 38.2 Å². The molecule has 1 aromatic heterocycles. The van der Waals surface area contributed by atoms with Crippen molar-refractivity contribution in [3.05, 3.63) is 30.3 Å². The second-order valence-corrected chi connectivity index (χ2v) is 8.34. The van der Waals surface area contributed by atoms with E-state index in [0.29, 0.717) is 0 Å². The number of benzene rings is 1. The molecular weight excluding hydrogens is 400 g/mol. The van der Waals surface area contributed by atoms with Crippen LogP contribution >= 0.6 is 0 Å². The number of carboxylic acid groups (broad SMARTS) is 1. The van der Waals surface area contributed by atoms with Crippen LogP contribution in [0.25, 0.3) is 5.69 Å². The predicted molar refractivity (Wildman–Crippen MR) is 112 cm³/mol. The maximum atomic E-state index is 12.7. The SMILES string of the molecule is O=C1OC(CN2CCCC2)CC12CCN(c1nnnn1-c1ccccc1)CC2.O=CO. The Balaban J connectivity index is 0.000000730. The third-order valence-electron chi connectivity index (χ3n) is 6.44. The Hall–Kier alpha value is -3.01. The van der Waals surface area contributed by atoms with E-state index in [9.17, 15) is 4.79 Å². The maximum Gasteiger partial charge on any atom is 0.312 e. The topological polar surface area (TPSA) is 114 Å². The summed E-state index contributed by atoms with van der Waals surface area (Å²) in [6.45, 7) is 4.44. The number of carbonyl (C=O) groups is 2. The molecule has 3 aliphatic heterocycles. The van der Waals surface area contributed by atoms with Crippen molar-refractivity contribution in [2.24, 2.45) is 5.41 Å². The largest absolute Gasteiger partial charge is 0.483 e. The molecule has 4 heterocycles. The molecule has 1 spiro atoms. The van der Waals surface area contributed by atoms with Crippen LogP contribution in [-0.4, -0.2) is 81.5 Å². The first-order valence-electron chi connectivity index (χ1n) is 10.8. The van der Waals surface area contributed by atoms with E-state index in [4.69, 9.17) is 14.6 Å². The summed E-state index contributed by atoms with van der Waals surface area (Å²) >= 11 is 0. The predicted octanol–water partition coefficient (Wildman–Crippen LogP) is 1.36. The molecule has 1 N–H and O–H groups in total. The molecule has 0 radical (unpaired) electrons. The quantitative estimate of drug-likeness (QED) is 0.569. The van der Waals surface area contributed by atoms with Crippen LogP contribution in [0, 0.1) is 5.41 Å². The molecule has 3 saturated heterocycles. The van der Waals surface area contributed by atoms with Crippen LogP contribution in [0.1, 0.15) is 32.1 Å². The Labute approximate surface area is 180 Å². The number of tetrazole rings is 1. The first-order valence-corrected chi connectivity index (χ1v) is 10.8. The van der Waals surface area contributed by atoms with E-state index in [2.05, 4.69) is 25.3 Å². The van der Waals surface area contributed by atoms with Crippen molar-refractivity contribution in [3.63, 3.8) is 0 Å². The van der Waals surface area contributed by atoms with Crippen LogP contribution in [0.2, 0.25) is 0 Å². The zero-order valence-corrected chi connectivity index (χ0v) is 17.5. The highest BCUT2D eigenvalue weighted by Crippen LogP contribution is 2.44. The van der Waals surface area contributed by atoms with Crippen molar-refractivity contribution in [2.75, 3.05) is 37.6 Å². The summed E-state index contributed by atoms with van der Waals surface area (Å²) < 4.78 is 7.56. The number of cyclic esters (lactones) is 1. The van der Waals surface area contributed by atoms with Crippen molar-refractivity contribution in [3.8, 4) is 5.69 Å². The molecule has 166 valence electrons. The zero-order valence-electron chi connectivity index (χ0n) is 17.5. The van der Waals surface area contributed by atoms with E-state index in [-0.39, 0.29) is 24.0 Å². The van der Waals surface area contributed by atoms with Gasteiger partial charge in [0, 0.05) is 26.1 Å². The number of esters is 1. The number of para-hydroxylation sites is 1. The van der Waals surface area contributed by atoms with E-state index in [1.165, 1.54) is 12.8 Å². The molecule has 3 fully saturated rings. The number of rotatable bonds is 4. The molecule has 1 aromatic carbocycles. The van der Waals surface area contributed by atoms with Gasteiger partial charge in [0.05, 0.1) is 11.1 Å². The summed E-state index contributed by atoms with van der Waals surface area (Å²) in [7, 11) is 0. The molecule has 31 heavy (non-hydrogen) atoms. The third kappa shape index (κ3) is 4.53. The molecule has 0 aliphatic carbocycles. The van der Waals surface area contributed by atoms with Gasteiger partial charge in [-0.2, -0.15) is 4.68 Å². The van der Waals surface area contributed by atoms with Crippen molar-refractivity contribution >= 4 is 18.4 Å². The molecule has 1 atom stereocenters. The first kappa shape index (κ1) is 21.2. The van der Waals surface area contributed by atoms with Crippen LogP contribution in [0.5, 0.6) is 0 Å². The Kier molecular flexibility index (Phi) is 6.45. The molecule has 10 heteroatoms. The zero-order chi connectivity index (χ0) is 21.7. The molecule has 10 nitrogen and oxygen atoms in total. The summed E-state index contributed by atoms with van der Waals surface area (Å²) in [5.41, 5.74) is 0.611. The van der Waals surface area contributed by atoms with Gasteiger partial charge in [-0.3, -0.25) is 14.5 Å². The van der Waals surface area contributed by atoms with Crippen LogP contribution in [0.4, 0.5) is 5.95 Å². The van der Waals surface area contributed by atoms with Gasteiger partial charge in [-0.1, -0.05) is 23.3 Å². The number of anilines is 1. The molecular formula is C21H28N6O4. The van der Waals surface area contributed by atoms with Gasteiger partial charge in [-0.25, -0.2) is 0 Å². The van der Waals surface area contributed by atoms with Gasteiger partial charge in [0.1, 0.15) is 6.10 Å². The van der Waals surface area contributed by atoms with Gasteiger partial charge >= 0.3 is 5.97 Å². The molecule has 0 saturated carbocycles. The van der Waals surface area contributed by atoms with Gasteiger partial charge in [-0.05, 0) is 61.3 Å². The van der Waals surface area contributed by atoms with Gasteiger partial charge in [0.2, 0.25) is 5.95 Å². The average Bonchev–Trinajstić information content (AvgIpc) is 3.52.